The number of hydrogen-bond donors (Lipinski definition) is 1. The van der Waals surface area contributed by atoms with E-state index in [0.29, 0.717) is 0 Å². The van der Waals surface area contributed by atoms with Crippen LogP contribution in [-0.2, 0) is 0 Å². The van der Waals surface area contributed by atoms with Gasteiger partial charge in [-0.2, -0.15) is 0 Å². The lowest BCUT2D eigenvalue weighted by Crippen LogP contribution is -2.50. The van der Waals surface area contributed by atoms with Crippen LogP contribution < -0.4 is 5.32 Å². The zero-order valence-electron chi connectivity index (χ0n) is 12.6. The molecule has 2 aliphatic rings. The molecule has 2 fully saturated rings. The smallest absolute Gasteiger partial charge is 0.0100 e. The summed E-state index contributed by atoms with van der Waals surface area (Å²) in [6.07, 6.45) is 8.47. The van der Waals surface area contributed by atoms with E-state index in [9.17, 15) is 0 Å². The first-order valence-electron chi connectivity index (χ1n) is 8.19. The molecular weight excluding hydrogens is 220 g/mol. The molecule has 1 aliphatic carbocycles. The van der Waals surface area contributed by atoms with Gasteiger partial charge in [-0.05, 0) is 57.2 Å². The van der Waals surface area contributed by atoms with Crippen LogP contribution in [-0.4, -0.2) is 36.6 Å². The van der Waals surface area contributed by atoms with E-state index in [0.717, 1.165) is 23.9 Å². The van der Waals surface area contributed by atoms with Crippen molar-refractivity contribution >= 4 is 0 Å². The third-order valence-electron chi connectivity index (χ3n) is 5.16. The van der Waals surface area contributed by atoms with Gasteiger partial charge in [-0.3, -0.25) is 0 Å². The predicted octanol–water partition coefficient (Wildman–Crippen LogP) is 3.28. The van der Waals surface area contributed by atoms with Gasteiger partial charge >= 0.3 is 0 Å². The summed E-state index contributed by atoms with van der Waals surface area (Å²) in [7, 11) is 0. The number of hydrogen-bond acceptors (Lipinski definition) is 2. The van der Waals surface area contributed by atoms with Crippen LogP contribution in [0.3, 0.4) is 0 Å². The van der Waals surface area contributed by atoms with Gasteiger partial charge in [-0.25, -0.2) is 0 Å². The minimum atomic E-state index is 0.789. The van der Waals surface area contributed by atoms with Crippen LogP contribution in [0.1, 0.15) is 59.3 Å². The minimum Gasteiger partial charge on any atom is -0.311 e. The molecule has 2 heteroatoms. The molecule has 0 aromatic heterocycles. The molecule has 18 heavy (non-hydrogen) atoms. The Kier molecular flexibility index (Phi) is 5.50. The van der Waals surface area contributed by atoms with Crippen molar-refractivity contribution in [3.8, 4) is 0 Å². The molecule has 0 aromatic carbocycles. The van der Waals surface area contributed by atoms with Crippen molar-refractivity contribution < 1.29 is 0 Å². The average molecular weight is 252 g/mol. The Labute approximate surface area is 114 Å². The number of nitrogens with one attached hydrogen (secondary N) is 1. The molecule has 106 valence electrons. The largest absolute Gasteiger partial charge is 0.311 e. The van der Waals surface area contributed by atoms with Crippen LogP contribution in [0.25, 0.3) is 0 Å². The lowest BCUT2D eigenvalue weighted by molar-refractivity contribution is 0.153. The number of rotatable bonds is 4. The molecule has 0 radical (unpaired) electrons. The number of likely N-dealkylation sites (tertiary alicyclic amines) is 1. The van der Waals surface area contributed by atoms with Gasteiger partial charge < -0.3 is 10.2 Å². The summed E-state index contributed by atoms with van der Waals surface area (Å²) >= 11 is 0. The summed E-state index contributed by atoms with van der Waals surface area (Å²) < 4.78 is 0. The number of piperidine rings is 1. The fourth-order valence-electron chi connectivity index (χ4n) is 3.88. The molecular formula is C16H32N2. The second-order valence-electron chi connectivity index (χ2n) is 6.67. The van der Waals surface area contributed by atoms with E-state index in [1.165, 1.54) is 58.2 Å². The maximum atomic E-state index is 4.01. The highest BCUT2D eigenvalue weighted by molar-refractivity contribution is 4.87. The van der Waals surface area contributed by atoms with Crippen LogP contribution in [0, 0.1) is 11.8 Å². The third-order valence-corrected chi connectivity index (χ3v) is 5.16. The van der Waals surface area contributed by atoms with E-state index in [1.807, 2.05) is 0 Å². The summed E-state index contributed by atoms with van der Waals surface area (Å²) in [5.41, 5.74) is 0. The zero-order valence-corrected chi connectivity index (χ0v) is 12.6. The van der Waals surface area contributed by atoms with Crippen molar-refractivity contribution in [2.45, 2.75) is 71.4 Å². The Morgan fingerprint density at radius 1 is 1.06 bits per heavy atom. The van der Waals surface area contributed by atoms with Crippen molar-refractivity contribution in [2.24, 2.45) is 11.8 Å². The first-order chi connectivity index (χ1) is 8.70. The van der Waals surface area contributed by atoms with E-state index in [1.54, 1.807) is 0 Å². The zero-order chi connectivity index (χ0) is 13.0. The SMILES string of the molecule is CCN1CCC(NC2CCCCC2C(C)C)CC1. The Morgan fingerprint density at radius 2 is 1.72 bits per heavy atom. The Bertz CT molecular complexity index is 231. The highest BCUT2D eigenvalue weighted by atomic mass is 15.1. The van der Waals surface area contributed by atoms with Gasteiger partial charge in [0.1, 0.15) is 0 Å². The lowest BCUT2D eigenvalue weighted by Gasteiger charge is -2.40. The Hall–Kier alpha value is -0.0800. The highest BCUT2D eigenvalue weighted by Gasteiger charge is 2.29. The van der Waals surface area contributed by atoms with E-state index in [-0.39, 0.29) is 0 Å². The van der Waals surface area contributed by atoms with Crippen molar-refractivity contribution in [1.29, 1.82) is 0 Å². The second-order valence-corrected chi connectivity index (χ2v) is 6.67. The molecule has 0 aromatic rings. The molecule has 1 saturated carbocycles. The monoisotopic (exact) mass is 252 g/mol. The maximum Gasteiger partial charge on any atom is 0.0100 e. The molecule has 0 bridgehead atoms. The van der Waals surface area contributed by atoms with Gasteiger partial charge in [0.25, 0.3) is 0 Å². The van der Waals surface area contributed by atoms with Crippen LogP contribution in [0.4, 0.5) is 0 Å². The fourth-order valence-corrected chi connectivity index (χ4v) is 3.88. The van der Waals surface area contributed by atoms with Crippen molar-refractivity contribution in [3.63, 3.8) is 0 Å². The second kappa shape index (κ2) is 6.91. The molecule has 2 rings (SSSR count). The molecule has 2 unspecified atom stereocenters. The number of nitrogens with zero attached hydrogens (tertiary/aromatic N) is 1. The average Bonchev–Trinajstić information content (AvgIpc) is 2.40. The summed E-state index contributed by atoms with van der Waals surface area (Å²) in [5.74, 6) is 1.77. The Balaban J connectivity index is 1.80. The Morgan fingerprint density at radius 3 is 2.33 bits per heavy atom. The van der Waals surface area contributed by atoms with E-state index in [4.69, 9.17) is 0 Å². The molecule has 1 saturated heterocycles. The quantitative estimate of drug-likeness (QED) is 0.826. The standard InChI is InChI=1S/C16H32N2/c1-4-18-11-9-14(10-12-18)17-16-8-6-5-7-15(16)13(2)3/h13-17H,4-12H2,1-3H3. The summed E-state index contributed by atoms with van der Waals surface area (Å²) in [5, 5.41) is 4.01. The molecule has 0 spiro atoms. The molecule has 2 atom stereocenters. The molecule has 0 amide bonds. The van der Waals surface area contributed by atoms with Gasteiger partial charge in [-0.1, -0.05) is 33.6 Å². The molecule has 1 N–H and O–H groups in total. The van der Waals surface area contributed by atoms with Gasteiger partial charge in [0.05, 0.1) is 0 Å². The first kappa shape index (κ1) is 14.3. The molecule has 2 nitrogen and oxygen atoms in total. The summed E-state index contributed by atoms with van der Waals surface area (Å²) in [6, 6.07) is 1.59. The van der Waals surface area contributed by atoms with Gasteiger partial charge in [0.15, 0.2) is 0 Å². The van der Waals surface area contributed by atoms with Gasteiger partial charge in [0.2, 0.25) is 0 Å². The molecule has 1 heterocycles. The van der Waals surface area contributed by atoms with Crippen LogP contribution in [0.2, 0.25) is 0 Å². The summed E-state index contributed by atoms with van der Waals surface area (Å²) in [4.78, 5) is 2.58. The first-order valence-corrected chi connectivity index (χ1v) is 8.19. The minimum absolute atomic E-state index is 0.789. The van der Waals surface area contributed by atoms with E-state index < -0.39 is 0 Å². The highest BCUT2D eigenvalue weighted by Crippen LogP contribution is 2.31. The normalized spacial score (nSPS) is 32.0. The third kappa shape index (κ3) is 3.71. The van der Waals surface area contributed by atoms with Gasteiger partial charge in [-0.15, -0.1) is 0 Å². The van der Waals surface area contributed by atoms with Crippen molar-refractivity contribution in [3.05, 3.63) is 0 Å². The topological polar surface area (TPSA) is 15.3 Å². The van der Waals surface area contributed by atoms with Gasteiger partial charge in [0, 0.05) is 12.1 Å². The van der Waals surface area contributed by atoms with Crippen molar-refractivity contribution in [1.82, 2.24) is 10.2 Å². The van der Waals surface area contributed by atoms with E-state index in [2.05, 4.69) is 31.0 Å². The van der Waals surface area contributed by atoms with Crippen LogP contribution in [0.15, 0.2) is 0 Å². The lowest BCUT2D eigenvalue weighted by atomic mass is 9.77. The maximum absolute atomic E-state index is 4.01. The summed E-state index contributed by atoms with van der Waals surface area (Å²) in [6.45, 7) is 10.9. The predicted molar refractivity (Wildman–Crippen MR) is 78.9 cm³/mol. The van der Waals surface area contributed by atoms with Crippen molar-refractivity contribution in [2.75, 3.05) is 19.6 Å². The van der Waals surface area contributed by atoms with Crippen LogP contribution >= 0.6 is 0 Å². The van der Waals surface area contributed by atoms with E-state index >= 15 is 0 Å². The molecule has 1 aliphatic heterocycles. The van der Waals surface area contributed by atoms with Crippen LogP contribution in [0.5, 0.6) is 0 Å². The fraction of sp³-hybridized carbons (Fsp3) is 1.00.